The van der Waals surface area contributed by atoms with Crippen LogP contribution >= 0.6 is 45.2 Å². The first-order valence-electron chi connectivity index (χ1n) is 2.86. The Morgan fingerprint density at radius 3 is 1.88 bits per heavy atom. The first-order valence-corrected chi connectivity index (χ1v) is 5.02. The average Bonchev–Trinajstić information content (AvgIpc) is 1.62. The lowest BCUT2D eigenvalue weighted by atomic mass is 10.1. The zero-order valence-corrected chi connectivity index (χ0v) is 9.86. The molecule has 0 aromatic rings. The van der Waals surface area contributed by atoms with Gasteiger partial charge >= 0.3 is 0 Å². The van der Waals surface area contributed by atoms with Crippen molar-refractivity contribution in [1.29, 1.82) is 0 Å². The van der Waals surface area contributed by atoms with E-state index in [1.54, 1.807) is 0 Å². The van der Waals surface area contributed by atoms with E-state index in [1.807, 2.05) is 0 Å². The molecule has 0 saturated heterocycles. The van der Waals surface area contributed by atoms with Crippen molar-refractivity contribution in [2.24, 2.45) is 5.92 Å². The van der Waals surface area contributed by atoms with E-state index in [2.05, 4.69) is 66.0 Å². The number of hydrogen-bond donors (Lipinski definition) is 0. The highest BCUT2D eigenvalue weighted by Gasteiger charge is 2.21. The molecule has 0 radical (unpaired) electrons. The maximum atomic E-state index is 2.49. The van der Waals surface area contributed by atoms with Gasteiger partial charge in [0.1, 0.15) is 0 Å². The zero-order chi connectivity index (χ0) is 6.78. The molecule has 1 atom stereocenters. The molecule has 0 heterocycles. The van der Waals surface area contributed by atoms with Crippen LogP contribution in [0.5, 0.6) is 0 Å². The Kier molecular flexibility index (Phi) is 4.24. The molecule has 2 heteroatoms. The van der Waals surface area contributed by atoms with Gasteiger partial charge in [0.25, 0.3) is 0 Å². The van der Waals surface area contributed by atoms with E-state index >= 15 is 0 Å². The Hall–Kier alpha value is 1.46. The van der Waals surface area contributed by atoms with E-state index in [4.69, 9.17) is 0 Å². The lowest BCUT2D eigenvalue weighted by Gasteiger charge is -2.21. The molecule has 1 unspecified atom stereocenters. The van der Waals surface area contributed by atoms with Gasteiger partial charge in [-0.15, -0.1) is 0 Å². The van der Waals surface area contributed by atoms with Gasteiger partial charge in [-0.3, -0.25) is 0 Å². The summed E-state index contributed by atoms with van der Waals surface area (Å²) in [7, 11) is 0. The molecule has 50 valence electrons. The fraction of sp³-hybridized carbons (Fsp3) is 1.00. The molecular weight excluding hydrogens is 326 g/mol. The molecule has 0 aromatic heterocycles. The summed E-state index contributed by atoms with van der Waals surface area (Å²) in [5.41, 5.74) is 0. The predicted octanol–water partition coefficient (Wildman–Crippen LogP) is 3.62. The van der Waals surface area contributed by atoms with Gasteiger partial charge in [0.15, 0.2) is 0 Å². The third-order valence-electron chi connectivity index (χ3n) is 1.48. The topological polar surface area (TPSA) is 0 Å². The molecule has 0 rings (SSSR count). The third-order valence-corrected chi connectivity index (χ3v) is 3.60. The second kappa shape index (κ2) is 3.58. The molecule has 0 bridgehead atoms. The Morgan fingerprint density at radius 2 is 1.88 bits per heavy atom. The Morgan fingerprint density at radius 1 is 1.50 bits per heavy atom. The van der Waals surface area contributed by atoms with Gasteiger partial charge < -0.3 is 0 Å². The summed E-state index contributed by atoms with van der Waals surface area (Å²) in [6.07, 6.45) is 1.28. The predicted molar refractivity (Wildman–Crippen MR) is 55.9 cm³/mol. The summed E-state index contributed by atoms with van der Waals surface area (Å²) in [5, 5.41) is 0. The van der Waals surface area contributed by atoms with Crippen LogP contribution in [0.2, 0.25) is 0 Å². The molecule has 0 aromatic carbocycles. The maximum Gasteiger partial charge on any atom is 0.0732 e. The molecule has 0 amide bonds. The van der Waals surface area contributed by atoms with Crippen molar-refractivity contribution in [3.63, 3.8) is 0 Å². The number of halogens is 2. The van der Waals surface area contributed by atoms with E-state index in [0.29, 0.717) is 1.43 Å². The Bertz CT molecular complexity index is 63.4. The van der Waals surface area contributed by atoms with Crippen LogP contribution in [-0.2, 0) is 0 Å². The van der Waals surface area contributed by atoms with E-state index < -0.39 is 0 Å². The van der Waals surface area contributed by atoms with Gasteiger partial charge in [0.05, 0.1) is 1.43 Å². The first-order chi connectivity index (χ1) is 3.48. The van der Waals surface area contributed by atoms with Gasteiger partial charge in [0, 0.05) is 0 Å². The minimum Gasteiger partial charge on any atom is -0.0672 e. The molecular formula is C6H12I2. The number of alkyl halides is 2. The fourth-order valence-electron chi connectivity index (χ4n) is 0.358. The monoisotopic (exact) mass is 338 g/mol. The van der Waals surface area contributed by atoms with Gasteiger partial charge in [-0.1, -0.05) is 65.5 Å². The second-order valence-electron chi connectivity index (χ2n) is 2.27. The summed E-state index contributed by atoms with van der Waals surface area (Å²) in [5.74, 6) is 0.823. The van der Waals surface area contributed by atoms with Crippen LogP contribution in [0.25, 0.3) is 0 Å². The van der Waals surface area contributed by atoms with Crippen molar-refractivity contribution < 1.29 is 0 Å². The van der Waals surface area contributed by atoms with Crippen LogP contribution in [0.1, 0.15) is 27.2 Å². The maximum absolute atomic E-state index is 2.49. The Balaban J connectivity index is 3.62. The van der Waals surface area contributed by atoms with Gasteiger partial charge in [-0.25, -0.2) is 0 Å². The van der Waals surface area contributed by atoms with Crippen LogP contribution < -0.4 is 0 Å². The van der Waals surface area contributed by atoms with Gasteiger partial charge in [0.2, 0.25) is 0 Å². The fourth-order valence-corrected chi connectivity index (χ4v) is 1.24. The molecule has 0 aliphatic rings. The van der Waals surface area contributed by atoms with E-state index in [1.165, 1.54) is 6.42 Å². The summed E-state index contributed by atoms with van der Waals surface area (Å²) in [4.78, 5) is 0. The van der Waals surface area contributed by atoms with Crippen molar-refractivity contribution in [2.45, 2.75) is 28.6 Å². The molecule has 0 saturated carbocycles. The Labute approximate surface area is 79.1 Å². The van der Waals surface area contributed by atoms with Gasteiger partial charge in [-0.2, -0.15) is 0 Å². The molecule has 0 nitrogen and oxygen atoms in total. The summed E-state index contributed by atoms with van der Waals surface area (Å²) in [6.45, 7) is 6.79. The number of hydrogen-bond acceptors (Lipinski definition) is 0. The minimum atomic E-state index is 0.449. The molecule has 0 aliphatic heterocycles. The summed E-state index contributed by atoms with van der Waals surface area (Å²) < 4.78 is 0.449. The quantitative estimate of drug-likeness (QED) is 0.533. The first kappa shape index (κ1) is 9.46. The molecule has 0 fully saturated rings. The van der Waals surface area contributed by atoms with Crippen molar-refractivity contribution >= 4 is 45.2 Å². The lowest BCUT2D eigenvalue weighted by Crippen LogP contribution is -2.15. The average molecular weight is 338 g/mol. The van der Waals surface area contributed by atoms with Crippen molar-refractivity contribution in [2.75, 3.05) is 0 Å². The summed E-state index contributed by atoms with van der Waals surface area (Å²) >= 11 is 4.98. The van der Waals surface area contributed by atoms with Crippen LogP contribution in [0.4, 0.5) is 0 Å². The minimum absolute atomic E-state index is 0.449. The zero-order valence-electron chi connectivity index (χ0n) is 5.54. The van der Waals surface area contributed by atoms with Crippen molar-refractivity contribution in [3.05, 3.63) is 0 Å². The highest BCUT2D eigenvalue weighted by atomic mass is 127. The SMILES string of the molecule is CCC(C)C(C)(I)I. The molecule has 8 heavy (non-hydrogen) atoms. The second-order valence-corrected chi connectivity index (χ2v) is 8.81. The van der Waals surface area contributed by atoms with Crippen LogP contribution in [0.3, 0.4) is 0 Å². The van der Waals surface area contributed by atoms with E-state index in [0.717, 1.165) is 5.92 Å². The lowest BCUT2D eigenvalue weighted by molar-refractivity contribution is 0.559. The van der Waals surface area contributed by atoms with Crippen LogP contribution in [-0.4, -0.2) is 1.43 Å². The standard InChI is InChI=1S/C6H12I2/c1-4-5(2)6(3,7)8/h5H,4H2,1-3H3. The smallest absolute Gasteiger partial charge is 0.0672 e. The van der Waals surface area contributed by atoms with Gasteiger partial charge in [-0.05, 0) is 12.8 Å². The highest BCUT2D eigenvalue weighted by molar-refractivity contribution is 14.2. The molecule has 0 N–H and O–H groups in total. The van der Waals surface area contributed by atoms with E-state index in [-0.39, 0.29) is 0 Å². The van der Waals surface area contributed by atoms with Crippen molar-refractivity contribution in [1.82, 2.24) is 0 Å². The number of rotatable bonds is 2. The third kappa shape index (κ3) is 3.48. The van der Waals surface area contributed by atoms with Crippen molar-refractivity contribution in [3.8, 4) is 0 Å². The van der Waals surface area contributed by atoms with Crippen LogP contribution in [0.15, 0.2) is 0 Å². The normalized spacial score (nSPS) is 16.1. The van der Waals surface area contributed by atoms with E-state index in [9.17, 15) is 0 Å². The van der Waals surface area contributed by atoms with Crippen LogP contribution in [0, 0.1) is 5.92 Å². The largest absolute Gasteiger partial charge is 0.0732 e. The molecule has 0 spiro atoms. The summed E-state index contributed by atoms with van der Waals surface area (Å²) in [6, 6.07) is 0. The highest BCUT2D eigenvalue weighted by Crippen LogP contribution is 2.36. The molecule has 0 aliphatic carbocycles.